The van der Waals surface area contributed by atoms with Crippen LogP contribution in [-0.4, -0.2) is 30.0 Å². The highest BCUT2D eigenvalue weighted by molar-refractivity contribution is 5.97. The minimum absolute atomic E-state index is 0.0811. The molecule has 3 rings (SSSR count). The number of hydrogen-bond donors (Lipinski definition) is 1. The molecular formula is C21H19N3O6. The van der Waals surface area contributed by atoms with Crippen molar-refractivity contribution in [1.82, 2.24) is 10.3 Å². The summed E-state index contributed by atoms with van der Waals surface area (Å²) in [6.45, 7) is 0.178. The van der Waals surface area contributed by atoms with Crippen LogP contribution in [0.5, 0.6) is 23.1 Å². The first-order valence-electron chi connectivity index (χ1n) is 8.87. The molecule has 0 radical (unpaired) electrons. The van der Waals surface area contributed by atoms with Crippen molar-refractivity contribution in [2.24, 2.45) is 0 Å². The van der Waals surface area contributed by atoms with Gasteiger partial charge in [0.05, 0.1) is 24.7 Å². The van der Waals surface area contributed by atoms with Crippen molar-refractivity contribution in [3.05, 3.63) is 82.0 Å². The van der Waals surface area contributed by atoms with Crippen LogP contribution in [0.2, 0.25) is 0 Å². The minimum atomic E-state index is -0.568. The van der Waals surface area contributed by atoms with Gasteiger partial charge in [0.15, 0.2) is 0 Å². The molecule has 0 unspecified atom stereocenters. The summed E-state index contributed by atoms with van der Waals surface area (Å²) in [6.07, 6.45) is 1.57. The molecular weight excluding hydrogens is 390 g/mol. The number of pyridine rings is 1. The molecule has 3 aromatic rings. The number of carbonyl (C=O) groups excluding carboxylic acids is 1. The average molecular weight is 409 g/mol. The molecule has 9 nitrogen and oxygen atoms in total. The maximum absolute atomic E-state index is 12.5. The highest BCUT2D eigenvalue weighted by Crippen LogP contribution is 2.25. The van der Waals surface area contributed by atoms with Gasteiger partial charge in [-0.05, 0) is 23.8 Å². The summed E-state index contributed by atoms with van der Waals surface area (Å²) in [5.41, 5.74) is 0.616. The third-order valence-electron chi connectivity index (χ3n) is 4.15. The Hall–Kier alpha value is -4.14. The third-order valence-corrected chi connectivity index (χ3v) is 4.15. The molecule has 0 fully saturated rings. The lowest BCUT2D eigenvalue weighted by molar-refractivity contribution is -0.384. The van der Waals surface area contributed by atoms with Crippen molar-refractivity contribution in [2.45, 2.75) is 6.54 Å². The number of hydrogen-bond acceptors (Lipinski definition) is 7. The molecule has 0 aliphatic carbocycles. The zero-order chi connectivity index (χ0) is 21.5. The first kappa shape index (κ1) is 20.6. The number of nitro groups is 1. The van der Waals surface area contributed by atoms with Gasteiger partial charge in [-0.15, -0.1) is 0 Å². The zero-order valence-electron chi connectivity index (χ0n) is 16.3. The number of rotatable bonds is 8. The van der Waals surface area contributed by atoms with E-state index in [-0.39, 0.29) is 23.5 Å². The lowest BCUT2D eigenvalue weighted by Crippen LogP contribution is -2.23. The van der Waals surface area contributed by atoms with Gasteiger partial charge in [-0.2, -0.15) is 0 Å². The number of ether oxygens (including phenoxy) is 3. The average Bonchev–Trinajstić information content (AvgIpc) is 2.78. The standard InChI is InChI=1S/C21H19N3O6/c1-28-16-4-3-5-17(11-16)30-20-9-6-14(12-22-20)13-23-21(25)18-10-15(24(26)27)7-8-19(18)29-2/h3-12H,13H2,1-2H3,(H,23,25). The van der Waals surface area contributed by atoms with Crippen molar-refractivity contribution in [1.29, 1.82) is 0 Å². The van der Waals surface area contributed by atoms with Gasteiger partial charge in [0, 0.05) is 37.0 Å². The van der Waals surface area contributed by atoms with Crippen molar-refractivity contribution in [3.63, 3.8) is 0 Å². The second-order valence-electron chi connectivity index (χ2n) is 6.11. The number of nitrogens with zero attached hydrogens (tertiary/aromatic N) is 2. The minimum Gasteiger partial charge on any atom is -0.497 e. The van der Waals surface area contributed by atoms with E-state index in [4.69, 9.17) is 14.2 Å². The van der Waals surface area contributed by atoms with E-state index in [2.05, 4.69) is 10.3 Å². The highest BCUT2D eigenvalue weighted by atomic mass is 16.6. The molecule has 9 heteroatoms. The summed E-state index contributed by atoms with van der Waals surface area (Å²) in [4.78, 5) is 27.1. The van der Waals surface area contributed by atoms with Gasteiger partial charge in [-0.25, -0.2) is 4.98 Å². The molecule has 1 amide bonds. The van der Waals surface area contributed by atoms with E-state index >= 15 is 0 Å². The van der Waals surface area contributed by atoms with Gasteiger partial charge in [-0.3, -0.25) is 14.9 Å². The number of amides is 1. The van der Waals surface area contributed by atoms with Gasteiger partial charge >= 0.3 is 0 Å². The molecule has 0 saturated carbocycles. The second kappa shape index (κ2) is 9.37. The van der Waals surface area contributed by atoms with Gasteiger partial charge in [0.1, 0.15) is 17.2 Å². The first-order valence-corrected chi connectivity index (χ1v) is 8.87. The molecule has 1 aromatic heterocycles. The zero-order valence-corrected chi connectivity index (χ0v) is 16.3. The second-order valence-corrected chi connectivity index (χ2v) is 6.11. The Labute approximate surface area is 172 Å². The summed E-state index contributed by atoms with van der Waals surface area (Å²) >= 11 is 0. The summed E-state index contributed by atoms with van der Waals surface area (Å²) < 4.78 is 16.0. The number of benzene rings is 2. The lowest BCUT2D eigenvalue weighted by atomic mass is 10.1. The Morgan fingerprint density at radius 2 is 1.87 bits per heavy atom. The van der Waals surface area contributed by atoms with Crippen LogP contribution in [0.15, 0.2) is 60.8 Å². The number of non-ortho nitro benzene ring substituents is 1. The fraction of sp³-hybridized carbons (Fsp3) is 0.143. The maximum Gasteiger partial charge on any atom is 0.270 e. The third kappa shape index (κ3) is 5.02. The van der Waals surface area contributed by atoms with Crippen LogP contribution < -0.4 is 19.5 Å². The van der Waals surface area contributed by atoms with E-state index < -0.39 is 10.8 Å². The van der Waals surface area contributed by atoms with Crippen molar-refractivity contribution in [3.8, 4) is 23.1 Å². The van der Waals surface area contributed by atoms with E-state index in [0.717, 1.165) is 5.56 Å². The molecule has 0 spiro atoms. The number of carbonyl (C=O) groups is 1. The summed E-state index contributed by atoms with van der Waals surface area (Å²) in [7, 11) is 2.96. The predicted molar refractivity (Wildman–Crippen MR) is 108 cm³/mol. The number of methoxy groups -OCH3 is 2. The number of aromatic nitrogens is 1. The van der Waals surface area contributed by atoms with E-state index in [1.807, 2.05) is 6.07 Å². The highest BCUT2D eigenvalue weighted by Gasteiger charge is 2.17. The van der Waals surface area contributed by atoms with E-state index in [1.54, 1.807) is 43.6 Å². The maximum atomic E-state index is 12.5. The summed E-state index contributed by atoms with van der Waals surface area (Å²) in [5.74, 6) is 1.40. The molecule has 0 saturated heterocycles. The summed E-state index contributed by atoms with van der Waals surface area (Å²) in [6, 6.07) is 14.4. The van der Waals surface area contributed by atoms with E-state index in [1.165, 1.54) is 25.3 Å². The Bertz CT molecular complexity index is 1050. The summed E-state index contributed by atoms with van der Waals surface area (Å²) in [5, 5.41) is 13.7. The molecule has 0 aliphatic heterocycles. The van der Waals surface area contributed by atoms with Crippen LogP contribution in [-0.2, 0) is 6.54 Å². The van der Waals surface area contributed by atoms with Crippen molar-refractivity contribution < 1.29 is 23.9 Å². The van der Waals surface area contributed by atoms with Crippen molar-refractivity contribution in [2.75, 3.05) is 14.2 Å². The molecule has 2 aromatic carbocycles. The fourth-order valence-corrected chi connectivity index (χ4v) is 2.63. The van der Waals surface area contributed by atoms with Gasteiger partial charge < -0.3 is 19.5 Å². The number of nitro benzene ring substituents is 1. The SMILES string of the molecule is COc1cccc(Oc2ccc(CNC(=O)c3cc([N+](=O)[O-])ccc3OC)cn2)c1. The monoisotopic (exact) mass is 409 g/mol. The van der Waals surface area contributed by atoms with E-state index in [0.29, 0.717) is 17.4 Å². The first-order chi connectivity index (χ1) is 14.5. The largest absolute Gasteiger partial charge is 0.497 e. The Morgan fingerprint density at radius 3 is 2.53 bits per heavy atom. The number of nitrogens with one attached hydrogen (secondary N) is 1. The van der Waals surface area contributed by atoms with Crippen LogP contribution in [0.25, 0.3) is 0 Å². The van der Waals surface area contributed by atoms with Gasteiger partial charge in [-0.1, -0.05) is 12.1 Å². The molecule has 0 atom stereocenters. The molecule has 154 valence electrons. The van der Waals surface area contributed by atoms with Crippen LogP contribution in [0, 0.1) is 10.1 Å². The quantitative estimate of drug-likeness (QED) is 0.445. The Kier molecular flexibility index (Phi) is 6.43. The van der Waals surface area contributed by atoms with Crippen LogP contribution in [0.3, 0.4) is 0 Å². The van der Waals surface area contributed by atoms with E-state index in [9.17, 15) is 14.9 Å². The Balaban J connectivity index is 1.64. The molecule has 0 aliphatic rings. The predicted octanol–water partition coefficient (Wildman–Crippen LogP) is 3.73. The van der Waals surface area contributed by atoms with Gasteiger partial charge in [0.2, 0.25) is 5.88 Å². The topological polar surface area (TPSA) is 113 Å². The molecule has 1 N–H and O–H groups in total. The molecule has 1 heterocycles. The van der Waals surface area contributed by atoms with Crippen LogP contribution in [0.1, 0.15) is 15.9 Å². The smallest absolute Gasteiger partial charge is 0.270 e. The molecule has 30 heavy (non-hydrogen) atoms. The molecule has 0 bridgehead atoms. The normalized spacial score (nSPS) is 10.2. The lowest BCUT2D eigenvalue weighted by Gasteiger charge is -2.10. The van der Waals surface area contributed by atoms with Crippen LogP contribution in [0.4, 0.5) is 5.69 Å². The fourth-order valence-electron chi connectivity index (χ4n) is 2.63. The van der Waals surface area contributed by atoms with Crippen LogP contribution >= 0.6 is 0 Å². The Morgan fingerprint density at radius 1 is 1.07 bits per heavy atom. The van der Waals surface area contributed by atoms with Gasteiger partial charge in [0.25, 0.3) is 11.6 Å². The van der Waals surface area contributed by atoms with Crippen molar-refractivity contribution >= 4 is 11.6 Å².